The van der Waals surface area contributed by atoms with Gasteiger partial charge < -0.3 is 20.5 Å². The van der Waals surface area contributed by atoms with Crippen LogP contribution >= 0.6 is 11.5 Å². The van der Waals surface area contributed by atoms with Crippen LogP contribution in [-0.2, 0) is 11.3 Å². The monoisotopic (exact) mass is 479 g/mol. The van der Waals surface area contributed by atoms with E-state index >= 15 is 0 Å². The number of carbonyl (C=O) groups is 2. The molecule has 1 aliphatic rings. The minimum Gasteiger partial charge on any atom is -0.471 e. The van der Waals surface area contributed by atoms with Gasteiger partial charge in [-0.05, 0) is 48.5 Å². The number of hydrogen-bond donors (Lipinski definition) is 3. The van der Waals surface area contributed by atoms with Gasteiger partial charge in [0.05, 0.1) is 13.2 Å². The Balaban J connectivity index is 1.57. The number of aryl methyl sites for hydroxylation is 2. The van der Waals surface area contributed by atoms with Crippen molar-refractivity contribution in [3.63, 3.8) is 0 Å². The largest absolute Gasteiger partial charge is 0.471 e. The molecule has 0 saturated carbocycles. The van der Waals surface area contributed by atoms with Gasteiger partial charge in [-0.3, -0.25) is 15.0 Å². The second-order valence-electron chi connectivity index (χ2n) is 8.24. The highest BCUT2D eigenvalue weighted by molar-refractivity contribution is 7.11. The van der Waals surface area contributed by atoms with Crippen molar-refractivity contribution in [3.8, 4) is 5.88 Å². The summed E-state index contributed by atoms with van der Waals surface area (Å²) >= 11 is 0.878. The maximum absolute atomic E-state index is 14.3. The smallest absolute Gasteiger partial charge is 0.319 e. The molecule has 0 spiro atoms. The predicted octanol–water partition coefficient (Wildman–Crippen LogP) is 2.67. The summed E-state index contributed by atoms with van der Waals surface area (Å²) in [5.74, 6) is -0.997. The number of hydrogen-bond acceptors (Lipinski definition) is 7. The Hall–Kier alpha value is -2.76. The summed E-state index contributed by atoms with van der Waals surface area (Å²) in [6.45, 7) is 10.0. The van der Waals surface area contributed by atoms with Crippen LogP contribution in [0.25, 0.3) is 0 Å². The molecule has 33 heavy (non-hydrogen) atoms. The Morgan fingerprint density at radius 2 is 2.06 bits per heavy atom. The van der Waals surface area contributed by atoms with Gasteiger partial charge in [0, 0.05) is 31.7 Å². The number of nitrogens with one attached hydrogen (secondary N) is 2. The zero-order valence-corrected chi connectivity index (χ0v) is 19.9. The number of nitrogens with zero attached hydrogens (tertiary/aromatic N) is 2. The minimum absolute atomic E-state index is 0.0390. The van der Waals surface area contributed by atoms with E-state index in [1.54, 1.807) is 13.8 Å². The van der Waals surface area contributed by atoms with Gasteiger partial charge in [0.1, 0.15) is 23.0 Å². The number of halogens is 1. The topological polar surface area (TPSA) is 119 Å². The fourth-order valence-corrected chi connectivity index (χ4v) is 4.38. The van der Waals surface area contributed by atoms with Crippen LogP contribution in [0.1, 0.15) is 34.0 Å². The summed E-state index contributed by atoms with van der Waals surface area (Å²) in [5.41, 5.74) is 7.35. The molecule has 0 radical (unpaired) electrons. The SMILES string of the molecule is Cc1cc(C)c(COc2nsc(NC(=O)NCC(C)CN3CCOCC3)c2C(N)=O)c(F)c1. The Morgan fingerprint density at radius 1 is 1.33 bits per heavy atom. The van der Waals surface area contributed by atoms with E-state index < -0.39 is 17.8 Å². The molecule has 1 aromatic carbocycles. The van der Waals surface area contributed by atoms with Crippen LogP contribution in [0.4, 0.5) is 14.2 Å². The summed E-state index contributed by atoms with van der Waals surface area (Å²) in [7, 11) is 0. The number of nitrogens with two attached hydrogens (primary N) is 1. The maximum Gasteiger partial charge on any atom is 0.319 e. The first kappa shape index (κ1) is 24.9. The third-order valence-corrected chi connectivity index (χ3v) is 6.08. The van der Waals surface area contributed by atoms with Gasteiger partial charge in [-0.1, -0.05) is 13.0 Å². The van der Waals surface area contributed by atoms with E-state index in [1.165, 1.54) is 6.07 Å². The molecular weight excluding hydrogens is 449 g/mol. The number of amides is 3. The molecule has 1 saturated heterocycles. The number of primary amides is 1. The number of anilines is 1. The van der Waals surface area contributed by atoms with Crippen molar-refractivity contribution in [2.24, 2.45) is 11.7 Å². The molecule has 0 aliphatic carbocycles. The Morgan fingerprint density at radius 3 is 2.73 bits per heavy atom. The third kappa shape index (κ3) is 6.86. The highest BCUT2D eigenvalue weighted by Gasteiger charge is 2.23. The quantitative estimate of drug-likeness (QED) is 0.509. The molecule has 3 rings (SSSR count). The third-order valence-electron chi connectivity index (χ3n) is 5.33. The van der Waals surface area contributed by atoms with Crippen LogP contribution in [0.2, 0.25) is 0 Å². The van der Waals surface area contributed by atoms with E-state index in [-0.39, 0.29) is 29.0 Å². The van der Waals surface area contributed by atoms with Gasteiger partial charge in [0.15, 0.2) is 0 Å². The zero-order chi connectivity index (χ0) is 24.0. The van der Waals surface area contributed by atoms with Crippen molar-refractivity contribution in [1.82, 2.24) is 14.6 Å². The average molecular weight is 480 g/mol. The molecule has 2 heterocycles. The summed E-state index contributed by atoms with van der Waals surface area (Å²) < 4.78 is 29.3. The minimum atomic E-state index is -0.796. The lowest BCUT2D eigenvalue weighted by molar-refractivity contribution is 0.0320. The Labute approximate surface area is 196 Å². The fraction of sp³-hybridized carbons (Fsp3) is 0.500. The molecule has 2 aromatic rings. The van der Waals surface area contributed by atoms with Crippen molar-refractivity contribution in [3.05, 3.63) is 40.2 Å². The van der Waals surface area contributed by atoms with Crippen LogP contribution in [-0.4, -0.2) is 60.6 Å². The maximum atomic E-state index is 14.3. The van der Waals surface area contributed by atoms with E-state index in [0.717, 1.165) is 55.5 Å². The summed E-state index contributed by atoms with van der Waals surface area (Å²) in [6, 6.07) is 2.79. The number of carbonyl (C=O) groups excluding carboxylic acids is 2. The van der Waals surface area contributed by atoms with Gasteiger partial charge in [0.2, 0.25) is 5.88 Å². The molecule has 1 atom stereocenters. The lowest BCUT2D eigenvalue weighted by Crippen LogP contribution is -2.42. The first-order valence-corrected chi connectivity index (χ1v) is 11.5. The zero-order valence-electron chi connectivity index (χ0n) is 19.1. The molecule has 1 unspecified atom stereocenters. The first-order valence-electron chi connectivity index (χ1n) is 10.8. The van der Waals surface area contributed by atoms with Crippen LogP contribution < -0.4 is 21.1 Å². The summed E-state index contributed by atoms with van der Waals surface area (Å²) in [6.07, 6.45) is 0. The van der Waals surface area contributed by atoms with Crippen molar-refractivity contribution >= 4 is 28.5 Å². The molecule has 1 aliphatic heterocycles. The Kier molecular flexibility index (Phi) is 8.59. The molecule has 4 N–H and O–H groups in total. The Bertz CT molecular complexity index is 970. The molecular formula is C22H30FN5O4S. The number of urea groups is 1. The van der Waals surface area contributed by atoms with Crippen LogP contribution in [0.3, 0.4) is 0 Å². The summed E-state index contributed by atoms with van der Waals surface area (Å²) in [4.78, 5) is 26.7. The number of rotatable bonds is 9. The van der Waals surface area contributed by atoms with Crippen molar-refractivity contribution in [2.45, 2.75) is 27.4 Å². The lowest BCUT2D eigenvalue weighted by Gasteiger charge is -2.29. The molecule has 3 amide bonds. The van der Waals surface area contributed by atoms with Crippen molar-refractivity contribution in [2.75, 3.05) is 44.7 Å². The van der Waals surface area contributed by atoms with Gasteiger partial charge >= 0.3 is 6.03 Å². The standard InChI is InChI=1S/C22H30FN5O4S/c1-13-8-15(3)16(17(23)9-13)12-32-20-18(19(24)29)21(33-27-20)26-22(30)25-10-14(2)11-28-4-6-31-7-5-28/h8-9,14H,4-7,10-12H2,1-3H3,(H2,24,29)(H2,25,26,30). The van der Waals surface area contributed by atoms with Crippen LogP contribution in [0, 0.1) is 25.6 Å². The number of benzene rings is 1. The van der Waals surface area contributed by atoms with Gasteiger partial charge in [-0.2, -0.15) is 4.37 Å². The van der Waals surface area contributed by atoms with Gasteiger partial charge in [-0.25, -0.2) is 9.18 Å². The molecule has 0 bridgehead atoms. The van der Waals surface area contributed by atoms with E-state index in [0.29, 0.717) is 12.1 Å². The highest BCUT2D eigenvalue weighted by Crippen LogP contribution is 2.31. The molecule has 1 fully saturated rings. The number of morpholine rings is 1. The van der Waals surface area contributed by atoms with Crippen molar-refractivity contribution < 1.29 is 23.5 Å². The molecule has 11 heteroatoms. The number of ether oxygens (including phenoxy) is 2. The first-order chi connectivity index (χ1) is 15.7. The van der Waals surface area contributed by atoms with E-state index in [4.69, 9.17) is 15.2 Å². The number of aromatic nitrogens is 1. The molecule has 180 valence electrons. The van der Waals surface area contributed by atoms with Gasteiger partial charge in [0.25, 0.3) is 5.91 Å². The van der Waals surface area contributed by atoms with Crippen molar-refractivity contribution in [1.29, 1.82) is 0 Å². The van der Waals surface area contributed by atoms with E-state index in [1.807, 2.05) is 6.07 Å². The molecule has 1 aromatic heterocycles. The molecule has 9 nitrogen and oxygen atoms in total. The average Bonchev–Trinajstić information content (AvgIpc) is 3.15. The second-order valence-corrected chi connectivity index (χ2v) is 9.01. The predicted molar refractivity (Wildman–Crippen MR) is 124 cm³/mol. The summed E-state index contributed by atoms with van der Waals surface area (Å²) in [5, 5.41) is 5.60. The second kappa shape index (κ2) is 11.4. The lowest BCUT2D eigenvalue weighted by atomic mass is 10.1. The highest BCUT2D eigenvalue weighted by atomic mass is 32.1. The van der Waals surface area contributed by atoms with E-state index in [2.05, 4.69) is 26.8 Å². The normalized spacial score (nSPS) is 15.2. The van der Waals surface area contributed by atoms with E-state index in [9.17, 15) is 14.0 Å². The van der Waals surface area contributed by atoms with Gasteiger partial charge in [-0.15, -0.1) is 0 Å². The van der Waals surface area contributed by atoms with Crippen LogP contribution in [0.5, 0.6) is 5.88 Å². The van der Waals surface area contributed by atoms with Crippen LogP contribution in [0.15, 0.2) is 12.1 Å². The fourth-order valence-electron chi connectivity index (χ4n) is 3.65.